The van der Waals surface area contributed by atoms with Crippen molar-refractivity contribution in [2.45, 2.75) is 44.4 Å². The standard InChI is InChI=1S/C20H22F3N3O2/c21-20(22,23)15-5-1-2-7-17(15)28-19-9-8-13(12-26-19)11-25-18(27)10-14-4-3-6-16(14)24/h1-2,5,7-9,12,14,16H,3-4,6,10-11,24H2,(H,25,27)/t14-,16+/m0/s1. The van der Waals surface area contributed by atoms with Crippen LogP contribution >= 0.6 is 0 Å². The zero-order valence-electron chi connectivity index (χ0n) is 15.2. The first kappa shape index (κ1) is 20.1. The summed E-state index contributed by atoms with van der Waals surface area (Å²) in [5.41, 5.74) is 5.84. The minimum Gasteiger partial charge on any atom is -0.438 e. The Labute approximate surface area is 161 Å². The van der Waals surface area contributed by atoms with Gasteiger partial charge in [-0.05, 0) is 36.5 Å². The smallest absolute Gasteiger partial charge is 0.419 e. The lowest BCUT2D eigenvalue weighted by Gasteiger charge is -2.15. The average molecular weight is 393 g/mol. The second kappa shape index (κ2) is 8.60. The minimum absolute atomic E-state index is 0.0451. The largest absolute Gasteiger partial charge is 0.438 e. The summed E-state index contributed by atoms with van der Waals surface area (Å²) in [6.45, 7) is 0.285. The predicted molar refractivity (Wildman–Crippen MR) is 97.5 cm³/mol. The van der Waals surface area contributed by atoms with Crippen molar-refractivity contribution < 1.29 is 22.7 Å². The first-order valence-electron chi connectivity index (χ1n) is 9.14. The van der Waals surface area contributed by atoms with Gasteiger partial charge < -0.3 is 15.8 Å². The maximum atomic E-state index is 13.0. The van der Waals surface area contributed by atoms with Crippen LogP contribution in [0.1, 0.15) is 36.8 Å². The Balaban J connectivity index is 1.55. The Hall–Kier alpha value is -2.61. The van der Waals surface area contributed by atoms with Gasteiger partial charge in [0.1, 0.15) is 5.75 Å². The average Bonchev–Trinajstić information content (AvgIpc) is 3.05. The highest BCUT2D eigenvalue weighted by Gasteiger charge is 2.34. The number of halogens is 3. The molecule has 0 radical (unpaired) electrons. The molecule has 2 aromatic rings. The molecule has 0 unspecified atom stereocenters. The van der Waals surface area contributed by atoms with Crippen LogP contribution in [0, 0.1) is 5.92 Å². The summed E-state index contributed by atoms with van der Waals surface area (Å²) in [6, 6.07) is 8.17. The van der Waals surface area contributed by atoms with Gasteiger partial charge in [0.25, 0.3) is 0 Å². The van der Waals surface area contributed by atoms with Gasteiger partial charge in [-0.25, -0.2) is 4.98 Å². The highest BCUT2D eigenvalue weighted by Crippen LogP contribution is 2.37. The van der Waals surface area contributed by atoms with Gasteiger partial charge in [0.15, 0.2) is 0 Å². The molecule has 5 nitrogen and oxygen atoms in total. The zero-order valence-corrected chi connectivity index (χ0v) is 15.2. The van der Waals surface area contributed by atoms with E-state index in [0.29, 0.717) is 6.42 Å². The number of aromatic nitrogens is 1. The van der Waals surface area contributed by atoms with E-state index in [2.05, 4.69) is 10.3 Å². The molecule has 1 amide bonds. The van der Waals surface area contributed by atoms with E-state index >= 15 is 0 Å². The third-order valence-electron chi connectivity index (χ3n) is 4.86. The molecule has 28 heavy (non-hydrogen) atoms. The third kappa shape index (κ3) is 5.22. The Morgan fingerprint density at radius 2 is 2.00 bits per heavy atom. The summed E-state index contributed by atoms with van der Waals surface area (Å²) in [5.74, 6) is -0.107. The number of para-hydroxylation sites is 1. The number of hydrogen-bond donors (Lipinski definition) is 2. The quantitative estimate of drug-likeness (QED) is 0.777. The van der Waals surface area contributed by atoms with Gasteiger partial charge in [0.05, 0.1) is 5.56 Å². The fourth-order valence-corrected chi connectivity index (χ4v) is 3.31. The summed E-state index contributed by atoms with van der Waals surface area (Å²) >= 11 is 0. The predicted octanol–water partition coefficient (Wildman–Crippen LogP) is 4.03. The lowest BCUT2D eigenvalue weighted by atomic mass is 10.00. The van der Waals surface area contributed by atoms with E-state index < -0.39 is 11.7 Å². The highest BCUT2D eigenvalue weighted by molar-refractivity contribution is 5.76. The van der Waals surface area contributed by atoms with Crippen molar-refractivity contribution in [1.82, 2.24) is 10.3 Å². The van der Waals surface area contributed by atoms with Gasteiger partial charge in [-0.1, -0.05) is 24.6 Å². The number of rotatable bonds is 6. The summed E-state index contributed by atoms with van der Waals surface area (Å²) in [7, 11) is 0. The van der Waals surface area contributed by atoms with Crippen molar-refractivity contribution in [2.75, 3.05) is 0 Å². The molecule has 1 saturated carbocycles. The van der Waals surface area contributed by atoms with Crippen molar-refractivity contribution in [1.29, 1.82) is 0 Å². The van der Waals surface area contributed by atoms with Crippen molar-refractivity contribution in [3.63, 3.8) is 0 Å². The number of carbonyl (C=O) groups excluding carboxylic acids is 1. The number of nitrogens with zero attached hydrogens (tertiary/aromatic N) is 1. The lowest BCUT2D eigenvalue weighted by Crippen LogP contribution is -2.31. The van der Waals surface area contributed by atoms with Gasteiger partial charge in [0.2, 0.25) is 11.8 Å². The van der Waals surface area contributed by atoms with Gasteiger partial charge >= 0.3 is 6.18 Å². The van der Waals surface area contributed by atoms with Crippen molar-refractivity contribution in [3.8, 4) is 11.6 Å². The zero-order chi connectivity index (χ0) is 20.1. The molecular weight excluding hydrogens is 371 g/mol. The second-order valence-electron chi connectivity index (χ2n) is 6.94. The van der Waals surface area contributed by atoms with Crippen LogP contribution in [0.25, 0.3) is 0 Å². The topological polar surface area (TPSA) is 77.2 Å². The number of benzene rings is 1. The monoisotopic (exact) mass is 393 g/mol. The van der Waals surface area contributed by atoms with Crippen molar-refractivity contribution in [2.24, 2.45) is 11.7 Å². The van der Waals surface area contributed by atoms with Gasteiger partial charge in [-0.15, -0.1) is 0 Å². The number of pyridine rings is 1. The summed E-state index contributed by atoms with van der Waals surface area (Å²) in [6.07, 6.45) is 0.351. The summed E-state index contributed by atoms with van der Waals surface area (Å²) < 4.78 is 44.3. The van der Waals surface area contributed by atoms with E-state index in [1.54, 1.807) is 6.07 Å². The van der Waals surface area contributed by atoms with Gasteiger partial charge in [0, 0.05) is 31.3 Å². The lowest BCUT2D eigenvalue weighted by molar-refractivity contribution is -0.138. The maximum Gasteiger partial charge on any atom is 0.419 e. The number of nitrogens with one attached hydrogen (secondary N) is 1. The van der Waals surface area contributed by atoms with Crippen LogP contribution in [0.3, 0.4) is 0 Å². The SMILES string of the molecule is N[C@@H]1CCC[C@H]1CC(=O)NCc1ccc(Oc2ccccc2C(F)(F)F)nc1. The molecule has 1 heterocycles. The van der Waals surface area contributed by atoms with E-state index in [1.807, 2.05) is 0 Å². The molecule has 8 heteroatoms. The number of amides is 1. The van der Waals surface area contributed by atoms with Crippen LogP contribution in [0.2, 0.25) is 0 Å². The number of alkyl halides is 3. The van der Waals surface area contributed by atoms with E-state index in [4.69, 9.17) is 10.5 Å². The summed E-state index contributed by atoms with van der Waals surface area (Å²) in [4.78, 5) is 16.1. The number of carbonyl (C=O) groups is 1. The third-order valence-corrected chi connectivity index (χ3v) is 4.86. The Bertz CT molecular complexity index is 809. The molecular formula is C20H22F3N3O2. The van der Waals surface area contributed by atoms with E-state index in [9.17, 15) is 18.0 Å². The fraction of sp³-hybridized carbons (Fsp3) is 0.400. The molecule has 2 atom stereocenters. The van der Waals surface area contributed by atoms with Gasteiger partial charge in [-0.3, -0.25) is 4.79 Å². The first-order chi connectivity index (χ1) is 13.3. The Morgan fingerprint density at radius 1 is 1.21 bits per heavy atom. The van der Waals surface area contributed by atoms with Crippen LogP contribution < -0.4 is 15.8 Å². The van der Waals surface area contributed by atoms with Crippen LogP contribution in [0.5, 0.6) is 11.6 Å². The molecule has 1 aromatic carbocycles. The molecule has 0 aliphatic heterocycles. The highest BCUT2D eigenvalue weighted by atomic mass is 19.4. The number of nitrogens with two attached hydrogens (primary N) is 1. The van der Waals surface area contributed by atoms with Crippen LogP contribution in [0.15, 0.2) is 42.6 Å². The molecule has 0 saturated heterocycles. The molecule has 3 N–H and O–H groups in total. The van der Waals surface area contributed by atoms with Crippen LogP contribution in [-0.4, -0.2) is 16.9 Å². The molecule has 3 rings (SSSR count). The molecule has 1 aromatic heterocycles. The molecule has 0 bridgehead atoms. The number of hydrogen-bond acceptors (Lipinski definition) is 4. The van der Waals surface area contributed by atoms with Crippen molar-refractivity contribution in [3.05, 3.63) is 53.7 Å². The molecule has 150 valence electrons. The Morgan fingerprint density at radius 3 is 2.64 bits per heavy atom. The summed E-state index contributed by atoms with van der Waals surface area (Å²) in [5, 5.41) is 2.82. The van der Waals surface area contributed by atoms with Crippen LogP contribution in [0.4, 0.5) is 13.2 Å². The maximum absolute atomic E-state index is 13.0. The minimum atomic E-state index is -4.51. The van der Waals surface area contributed by atoms with E-state index in [0.717, 1.165) is 30.9 Å². The van der Waals surface area contributed by atoms with Gasteiger partial charge in [-0.2, -0.15) is 13.2 Å². The second-order valence-corrected chi connectivity index (χ2v) is 6.94. The van der Waals surface area contributed by atoms with Crippen molar-refractivity contribution >= 4 is 5.91 Å². The fourth-order valence-electron chi connectivity index (χ4n) is 3.31. The molecule has 1 aliphatic carbocycles. The molecule has 1 aliphatic rings. The normalized spacial score (nSPS) is 19.4. The number of ether oxygens (including phenoxy) is 1. The first-order valence-corrected chi connectivity index (χ1v) is 9.14. The van der Waals surface area contributed by atoms with E-state index in [1.165, 1.54) is 30.5 Å². The van der Waals surface area contributed by atoms with Crippen LogP contribution in [-0.2, 0) is 17.5 Å². The molecule has 1 fully saturated rings. The van der Waals surface area contributed by atoms with E-state index in [-0.39, 0.29) is 36.0 Å². The molecule has 0 spiro atoms. The Kier molecular flexibility index (Phi) is 6.18.